The number of carbonyl (C=O) groups excluding carboxylic acids is 3. The zero-order chi connectivity index (χ0) is 20.4. The fraction of sp³-hybridized carbons (Fsp3) is 0.320. The Morgan fingerprint density at radius 1 is 0.867 bits per heavy atom. The molecule has 4 aliphatic carbocycles. The summed E-state index contributed by atoms with van der Waals surface area (Å²) in [5.41, 5.74) is 1.44. The minimum atomic E-state index is -0.352. The number of nitrogens with zero attached hydrogens (tertiary/aromatic N) is 1. The predicted molar refractivity (Wildman–Crippen MR) is 109 cm³/mol. The van der Waals surface area contributed by atoms with Crippen LogP contribution >= 0.6 is 0 Å². The maximum atomic E-state index is 13.2. The molecule has 2 amide bonds. The lowest BCUT2D eigenvalue weighted by Crippen LogP contribution is -2.40. The number of esters is 1. The van der Waals surface area contributed by atoms with E-state index >= 15 is 0 Å². The summed E-state index contributed by atoms with van der Waals surface area (Å²) >= 11 is 0. The van der Waals surface area contributed by atoms with E-state index in [1.807, 2.05) is 30.3 Å². The summed E-state index contributed by atoms with van der Waals surface area (Å²) in [6, 6.07) is 16.1. The van der Waals surface area contributed by atoms with E-state index in [1.165, 1.54) is 4.90 Å². The Morgan fingerprint density at radius 2 is 1.47 bits per heavy atom. The number of anilines is 1. The lowest BCUT2D eigenvalue weighted by atomic mass is 9.63. The second-order valence-electron chi connectivity index (χ2n) is 8.80. The molecule has 6 atom stereocenters. The monoisotopic (exact) mass is 399 g/mol. The summed E-state index contributed by atoms with van der Waals surface area (Å²) in [5.74, 6) is 1.07. The number of ether oxygens (including phenoxy) is 1. The van der Waals surface area contributed by atoms with Crippen LogP contribution in [0.3, 0.4) is 0 Å². The van der Waals surface area contributed by atoms with Gasteiger partial charge >= 0.3 is 5.97 Å². The Labute approximate surface area is 174 Å². The summed E-state index contributed by atoms with van der Waals surface area (Å²) in [6.45, 7) is 0. The van der Waals surface area contributed by atoms with E-state index in [0.717, 1.165) is 12.0 Å². The van der Waals surface area contributed by atoms with E-state index in [9.17, 15) is 14.4 Å². The van der Waals surface area contributed by atoms with Gasteiger partial charge in [0, 0.05) is 0 Å². The van der Waals surface area contributed by atoms with Gasteiger partial charge in [0.1, 0.15) is 5.75 Å². The number of hydrogen-bond acceptors (Lipinski definition) is 4. The first kappa shape index (κ1) is 17.6. The molecule has 150 valence electrons. The molecule has 2 saturated carbocycles. The first-order chi connectivity index (χ1) is 14.6. The number of allylic oxidation sites excluding steroid dienone is 2. The molecular weight excluding hydrogens is 378 g/mol. The van der Waals surface area contributed by atoms with Crippen LogP contribution in [0, 0.1) is 35.5 Å². The molecule has 0 radical (unpaired) electrons. The summed E-state index contributed by atoms with van der Waals surface area (Å²) in [4.78, 5) is 39.8. The number of carbonyl (C=O) groups is 3. The molecule has 5 heteroatoms. The normalized spacial score (nSPS) is 32.7. The molecule has 0 unspecified atom stereocenters. The SMILES string of the molecule is O=C(Cc1ccccc1)Oc1ccc(N2C(=O)[C@@H]3[C@H]4C=C[C@@H]([C@@H]5C[C@@H]45)[C@@H]3C2=O)cc1. The van der Waals surface area contributed by atoms with E-state index in [0.29, 0.717) is 23.3 Å². The van der Waals surface area contributed by atoms with Gasteiger partial charge in [-0.05, 0) is 59.9 Å². The summed E-state index contributed by atoms with van der Waals surface area (Å²) in [5, 5.41) is 0. The zero-order valence-electron chi connectivity index (χ0n) is 16.3. The maximum Gasteiger partial charge on any atom is 0.315 e. The standard InChI is InChI=1S/C25H21NO4/c27-21(12-14-4-2-1-3-5-14)30-16-8-6-15(7-9-16)26-24(28)22-17-10-11-18(20-13-19(17)20)23(22)25(26)29/h1-11,17-20,22-23H,12-13H2/t17-,18-,19-,20-,22-,23+/m0/s1. The first-order valence-corrected chi connectivity index (χ1v) is 10.5. The van der Waals surface area contributed by atoms with Gasteiger partial charge in [-0.1, -0.05) is 42.5 Å². The quantitative estimate of drug-likeness (QED) is 0.342. The van der Waals surface area contributed by atoms with Crippen LogP contribution in [0.1, 0.15) is 12.0 Å². The van der Waals surface area contributed by atoms with Crippen LogP contribution in [0.5, 0.6) is 5.75 Å². The van der Waals surface area contributed by atoms with Gasteiger partial charge in [-0.15, -0.1) is 0 Å². The number of hydrogen-bond donors (Lipinski definition) is 0. The fourth-order valence-electron chi connectivity index (χ4n) is 5.80. The first-order valence-electron chi connectivity index (χ1n) is 10.5. The average molecular weight is 399 g/mol. The molecule has 2 aromatic rings. The van der Waals surface area contributed by atoms with Gasteiger partial charge in [0.15, 0.2) is 0 Å². The largest absolute Gasteiger partial charge is 0.426 e. The van der Waals surface area contributed by atoms with Gasteiger partial charge in [-0.3, -0.25) is 19.3 Å². The third-order valence-electron chi connectivity index (χ3n) is 7.18. The average Bonchev–Trinajstić information content (AvgIpc) is 3.53. The van der Waals surface area contributed by atoms with Gasteiger partial charge in [0.25, 0.3) is 0 Å². The van der Waals surface area contributed by atoms with Gasteiger partial charge in [0.05, 0.1) is 23.9 Å². The molecule has 0 spiro atoms. The van der Waals surface area contributed by atoms with Crippen molar-refractivity contribution in [1.82, 2.24) is 0 Å². The lowest BCUT2D eigenvalue weighted by molar-refractivity contribution is -0.133. The molecule has 5 aliphatic rings. The molecule has 0 N–H and O–H groups in total. The smallest absolute Gasteiger partial charge is 0.315 e. The Balaban J connectivity index is 1.18. The molecule has 1 aliphatic heterocycles. The van der Waals surface area contributed by atoms with Crippen LogP contribution in [0.15, 0.2) is 66.7 Å². The highest BCUT2D eigenvalue weighted by Gasteiger charge is 2.67. The van der Waals surface area contributed by atoms with Crippen molar-refractivity contribution < 1.29 is 19.1 Å². The van der Waals surface area contributed by atoms with Crippen LogP contribution < -0.4 is 9.64 Å². The zero-order valence-corrected chi connectivity index (χ0v) is 16.3. The summed E-state index contributed by atoms with van der Waals surface area (Å²) in [7, 11) is 0. The van der Waals surface area contributed by atoms with Gasteiger partial charge in [0.2, 0.25) is 11.8 Å². The summed E-state index contributed by atoms with van der Waals surface area (Å²) < 4.78 is 5.41. The van der Waals surface area contributed by atoms with Gasteiger partial charge in [-0.25, -0.2) is 0 Å². The molecule has 1 heterocycles. The lowest BCUT2D eigenvalue weighted by Gasteiger charge is -2.37. The number of imide groups is 1. The number of amides is 2. The van der Waals surface area contributed by atoms with Crippen LogP contribution in [-0.2, 0) is 20.8 Å². The Morgan fingerprint density at radius 3 is 2.07 bits per heavy atom. The molecule has 3 fully saturated rings. The van der Waals surface area contributed by atoms with E-state index in [1.54, 1.807) is 24.3 Å². The Hall–Kier alpha value is -3.21. The van der Waals surface area contributed by atoms with Gasteiger partial charge in [-0.2, -0.15) is 0 Å². The number of benzene rings is 2. The topological polar surface area (TPSA) is 63.7 Å². The highest BCUT2D eigenvalue weighted by atomic mass is 16.5. The van der Waals surface area contributed by atoms with E-state index in [-0.39, 0.29) is 47.9 Å². The highest BCUT2D eigenvalue weighted by molar-refractivity contribution is 6.22. The third kappa shape index (κ3) is 2.58. The Kier molecular flexibility index (Phi) is 3.76. The minimum absolute atomic E-state index is 0.0801. The van der Waals surface area contributed by atoms with Crippen LogP contribution in [0.2, 0.25) is 0 Å². The van der Waals surface area contributed by atoms with Crippen molar-refractivity contribution in [3.8, 4) is 5.75 Å². The van der Waals surface area contributed by atoms with E-state index in [4.69, 9.17) is 4.74 Å². The van der Waals surface area contributed by atoms with E-state index < -0.39 is 0 Å². The van der Waals surface area contributed by atoms with Crippen molar-refractivity contribution >= 4 is 23.5 Å². The minimum Gasteiger partial charge on any atom is -0.426 e. The molecule has 2 aromatic carbocycles. The number of rotatable bonds is 4. The van der Waals surface area contributed by atoms with Crippen molar-refractivity contribution in [2.45, 2.75) is 12.8 Å². The van der Waals surface area contributed by atoms with Crippen molar-refractivity contribution in [1.29, 1.82) is 0 Å². The van der Waals surface area contributed by atoms with Crippen molar-refractivity contribution in [2.24, 2.45) is 35.5 Å². The highest BCUT2D eigenvalue weighted by Crippen LogP contribution is 2.65. The molecule has 2 bridgehead atoms. The van der Waals surface area contributed by atoms with Crippen LogP contribution in [0.4, 0.5) is 5.69 Å². The Bertz CT molecular complexity index is 1040. The van der Waals surface area contributed by atoms with Crippen molar-refractivity contribution in [3.63, 3.8) is 0 Å². The molecule has 30 heavy (non-hydrogen) atoms. The third-order valence-corrected chi connectivity index (χ3v) is 7.18. The molecular formula is C25H21NO4. The van der Waals surface area contributed by atoms with Crippen molar-refractivity contribution in [3.05, 3.63) is 72.3 Å². The molecule has 1 saturated heterocycles. The second kappa shape index (κ2) is 6.39. The fourth-order valence-corrected chi connectivity index (χ4v) is 5.80. The second-order valence-corrected chi connectivity index (χ2v) is 8.80. The van der Waals surface area contributed by atoms with Crippen molar-refractivity contribution in [2.75, 3.05) is 4.90 Å². The van der Waals surface area contributed by atoms with Crippen LogP contribution in [-0.4, -0.2) is 17.8 Å². The molecule has 0 aromatic heterocycles. The van der Waals surface area contributed by atoms with Crippen LogP contribution in [0.25, 0.3) is 0 Å². The van der Waals surface area contributed by atoms with Gasteiger partial charge < -0.3 is 4.74 Å². The predicted octanol–water partition coefficient (Wildman–Crippen LogP) is 3.39. The maximum absolute atomic E-state index is 13.2. The molecule has 5 nitrogen and oxygen atoms in total. The summed E-state index contributed by atoms with van der Waals surface area (Å²) in [6.07, 6.45) is 5.68. The van der Waals surface area contributed by atoms with E-state index in [2.05, 4.69) is 12.2 Å². The molecule has 7 rings (SSSR count).